The monoisotopic (exact) mass is 428 g/mol. The normalized spacial score (nSPS) is 13.8. The van der Waals surface area contributed by atoms with Crippen LogP contribution in [-0.2, 0) is 19.1 Å². The van der Waals surface area contributed by atoms with E-state index in [1.54, 1.807) is 0 Å². The van der Waals surface area contributed by atoms with Gasteiger partial charge in [0.15, 0.2) is 6.10 Å². The molecule has 0 aliphatic rings. The van der Waals surface area contributed by atoms with Crippen LogP contribution in [0.5, 0.6) is 5.75 Å². The first-order valence-corrected chi connectivity index (χ1v) is 8.91. The number of esters is 1. The van der Waals surface area contributed by atoms with Crippen LogP contribution in [0.1, 0.15) is 23.2 Å². The van der Waals surface area contributed by atoms with Crippen molar-refractivity contribution >= 4 is 23.9 Å². The van der Waals surface area contributed by atoms with Crippen molar-refractivity contribution < 1.29 is 49.4 Å². The van der Waals surface area contributed by atoms with Gasteiger partial charge >= 0.3 is 23.9 Å². The molecule has 0 unspecified atom stereocenters. The predicted molar refractivity (Wildman–Crippen MR) is 100 cm³/mol. The quantitative estimate of drug-likeness (QED) is 0.176. The summed E-state index contributed by atoms with van der Waals surface area (Å²) in [5.74, 6) is -5.22. The summed E-state index contributed by atoms with van der Waals surface area (Å²) in [5, 5.41) is 50.9. The van der Waals surface area contributed by atoms with Crippen molar-refractivity contribution in [3.8, 4) is 5.75 Å². The minimum atomic E-state index is -1.62. The molecular formula is C18H24N2O10. The lowest BCUT2D eigenvalue weighted by atomic mass is 10.1. The average molecular weight is 428 g/mol. The second-order valence-corrected chi connectivity index (χ2v) is 6.24. The highest BCUT2D eigenvalue weighted by Crippen LogP contribution is 2.16. The second-order valence-electron chi connectivity index (χ2n) is 6.24. The van der Waals surface area contributed by atoms with Crippen LogP contribution in [0.4, 0.5) is 0 Å². The summed E-state index contributed by atoms with van der Waals surface area (Å²) in [6, 6.07) is 3.16. The zero-order valence-electron chi connectivity index (χ0n) is 15.9. The molecule has 0 saturated heterocycles. The Morgan fingerprint density at radius 2 is 1.43 bits per heavy atom. The molecule has 0 saturated carbocycles. The van der Waals surface area contributed by atoms with E-state index in [1.165, 1.54) is 24.3 Å². The number of phenolic OH excluding ortho intramolecular Hbond substituents is 1. The van der Waals surface area contributed by atoms with Gasteiger partial charge in [-0.05, 0) is 38.1 Å². The molecule has 0 aromatic heterocycles. The number of aliphatic carboxylic acids is 3. The maximum absolute atomic E-state index is 11.9. The van der Waals surface area contributed by atoms with Crippen LogP contribution in [0.25, 0.3) is 0 Å². The first-order valence-electron chi connectivity index (χ1n) is 8.91. The molecule has 0 aliphatic heterocycles. The Hall–Kier alpha value is -3.22. The van der Waals surface area contributed by atoms with Gasteiger partial charge in [-0.15, -0.1) is 0 Å². The minimum Gasteiger partial charge on any atom is -0.507 e. The van der Waals surface area contributed by atoms with Crippen molar-refractivity contribution in [2.45, 2.75) is 31.0 Å². The van der Waals surface area contributed by atoms with Gasteiger partial charge in [0.25, 0.3) is 0 Å². The SMILES string of the molecule is O=C(OC[C@H](NCC[C@H](NCC[C@H](O)C(=O)O)C(=O)O)C(=O)O)c1ccccc1O. The van der Waals surface area contributed by atoms with Gasteiger partial charge in [-0.1, -0.05) is 12.1 Å². The molecule has 3 atom stereocenters. The zero-order chi connectivity index (χ0) is 22.7. The van der Waals surface area contributed by atoms with Crippen molar-refractivity contribution in [2.75, 3.05) is 19.7 Å². The van der Waals surface area contributed by atoms with Crippen molar-refractivity contribution in [1.29, 1.82) is 0 Å². The number of aromatic hydroxyl groups is 1. The Balaban J connectivity index is 2.49. The third-order valence-corrected chi connectivity index (χ3v) is 4.02. The second kappa shape index (κ2) is 12.4. The van der Waals surface area contributed by atoms with E-state index >= 15 is 0 Å². The van der Waals surface area contributed by atoms with Crippen molar-refractivity contribution in [2.24, 2.45) is 0 Å². The molecule has 12 heteroatoms. The fourth-order valence-electron chi connectivity index (χ4n) is 2.33. The van der Waals surface area contributed by atoms with Crippen molar-refractivity contribution in [3.05, 3.63) is 29.8 Å². The summed E-state index contributed by atoms with van der Waals surface area (Å²) >= 11 is 0. The van der Waals surface area contributed by atoms with Gasteiger partial charge in [-0.2, -0.15) is 0 Å². The van der Waals surface area contributed by atoms with Crippen molar-refractivity contribution in [3.63, 3.8) is 0 Å². The van der Waals surface area contributed by atoms with E-state index in [0.29, 0.717) is 0 Å². The van der Waals surface area contributed by atoms with Crippen LogP contribution in [-0.4, -0.2) is 87.3 Å². The van der Waals surface area contributed by atoms with E-state index in [1.807, 2.05) is 0 Å². The molecular weight excluding hydrogens is 404 g/mol. The number of carbonyl (C=O) groups is 4. The number of hydrogen-bond acceptors (Lipinski definition) is 9. The van der Waals surface area contributed by atoms with E-state index in [9.17, 15) is 34.5 Å². The third kappa shape index (κ3) is 8.43. The number of carboxylic acid groups (broad SMARTS) is 3. The lowest BCUT2D eigenvalue weighted by molar-refractivity contribution is -0.146. The molecule has 12 nitrogen and oxygen atoms in total. The zero-order valence-corrected chi connectivity index (χ0v) is 15.9. The molecule has 0 bridgehead atoms. The van der Waals surface area contributed by atoms with Crippen LogP contribution in [0.2, 0.25) is 0 Å². The highest BCUT2D eigenvalue weighted by molar-refractivity contribution is 5.92. The molecule has 0 radical (unpaired) electrons. The molecule has 30 heavy (non-hydrogen) atoms. The fourth-order valence-corrected chi connectivity index (χ4v) is 2.33. The van der Waals surface area contributed by atoms with Gasteiger partial charge in [0.1, 0.15) is 30.0 Å². The van der Waals surface area contributed by atoms with Crippen LogP contribution < -0.4 is 10.6 Å². The van der Waals surface area contributed by atoms with Crippen molar-refractivity contribution in [1.82, 2.24) is 10.6 Å². The number of para-hydroxylation sites is 1. The van der Waals surface area contributed by atoms with E-state index in [2.05, 4.69) is 10.6 Å². The summed E-state index contributed by atoms with van der Waals surface area (Å²) < 4.78 is 4.89. The Morgan fingerprint density at radius 1 is 0.867 bits per heavy atom. The highest BCUT2D eigenvalue weighted by atomic mass is 16.5. The summed E-state index contributed by atoms with van der Waals surface area (Å²) in [6.45, 7) is -0.708. The Bertz CT molecular complexity index is 754. The topological polar surface area (TPSA) is 203 Å². The first kappa shape index (κ1) is 24.8. The maximum atomic E-state index is 11.9. The maximum Gasteiger partial charge on any atom is 0.341 e. The summed E-state index contributed by atoms with van der Waals surface area (Å²) in [5.41, 5.74) is -0.125. The van der Waals surface area contributed by atoms with Gasteiger partial charge in [-0.25, -0.2) is 9.59 Å². The average Bonchev–Trinajstić information content (AvgIpc) is 2.68. The smallest absolute Gasteiger partial charge is 0.341 e. The van der Waals surface area contributed by atoms with Gasteiger partial charge < -0.3 is 40.9 Å². The van der Waals surface area contributed by atoms with Gasteiger partial charge in [0.05, 0.1) is 0 Å². The number of benzene rings is 1. The lowest BCUT2D eigenvalue weighted by Gasteiger charge is -2.18. The Kier molecular flexibility index (Phi) is 10.2. The lowest BCUT2D eigenvalue weighted by Crippen LogP contribution is -2.45. The molecule has 0 amide bonds. The number of ether oxygens (including phenoxy) is 1. The van der Waals surface area contributed by atoms with E-state index in [4.69, 9.17) is 14.9 Å². The van der Waals surface area contributed by atoms with Crippen LogP contribution >= 0.6 is 0 Å². The molecule has 0 fully saturated rings. The Labute approximate surface area is 171 Å². The fraction of sp³-hybridized carbons (Fsp3) is 0.444. The number of carboxylic acids is 3. The van der Waals surface area contributed by atoms with Crippen LogP contribution in [0.3, 0.4) is 0 Å². The number of hydrogen-bond donors (Lipinski definition) is 7. The molecule has 1 aromatic rings. The summed E-state index contributed by atoms with van der Waals surface area (Å²) in [4.78, 5) is 45.0. The van der Waals surface area contributed by atoms with E-state index in [-0.39, 0.29) is 37.2 Å². The number of phenols is 1. The molecule has 0 heterocycles. The largest absolute Gasteiger partial charge is 0.507 e. The van der Waals surface area contributed by atoms with Gasteiger partial charge in [-0.3, -0.25) is 9.59 Å². The number of rotatable bonds is 14. The van der Waals surface area contributed by atoms with E-state index < -0.39 is 48.7 Å². The number of aliphatic hydroxyl groups excluding tert-OH is 1. The van der Waals surface area contributed by atoms with Crippen LogP contribution in [0, 0.1) is 0 Å². The predicted octanol–water partition coefficient (Wildman–Crippen LogP) is -1.14. The Morgan fingerprint density at radius 3 is 2.00 bits per heavy atom. The highest BCUT2D eigenvalue weighted by Gasteiger charge is 2.23. The van der Waals surface area contributed by atoms with E-state index in [0.717, 1.165) is 0 Å². The molecule has 1 rings (SSSR count). The number of nitrogens with one attached hydrogen (secondary N) is 2. The van der Waals surface area contributed by atoms with Gasteiger partial charge in [0, 0.05) is 0 Å². The molecule has 0 aliphatic carbocycles. The molecule has 7 N–H and O–H groups in total. The minimum absolute atomic E-state index is 0.0598. The summed E-state index contributed by atoms with van der Waals surface area (Å²) in [7, 11) is 0. The molecule has 0 spiro atoms. The number of aliphatic hydroxyl groups is 1. The third-order valence-electron chi connectivity index (χ3n) is 4.02. The van der Waals surface area contributed by atoms with Crippen LogP contribution in [0.15, 0.2) is 24.3 Å². The molecule has 1 aromatic carbocycles. The van der Waals surface area contributed by atoms with Gasteiger partial charge in [0.2, 0.25) is 0 Å². The first-order chi connectivity index (χ1) is 14.1. The standard InChI is InChI=1S/C18H24N2O10/c21-13-4-2-1-3-10(13)18(29)30-9-12(16(25)26)20-7-5-11(15(23)24)19-8-6-14(22)17(27)28/h1-4,11-12,14,19-22H,5-9H2,(H,23,24)(H,25,26)(H,27,28)/t11-,12-,14-/m0/s1. The summed E-state index contributed by atoms with van der Waals surface area (Å²) in [6.07, 6.45) is -1.89. The molecule has 166 valence electrons. The number of carbonyl (C=O) groups excluding carboxylic acids is 1.